The van der Waals surface area contributed by atoms with Gasteiger partial charge in [-0.25, -0.2) is 9.07 Å². The highest BCUT2D eigenvalue weighted by Gasteiger charge is 2.16. The second-order valence-corrected chi connectivity index (χ2v) is 6.42. The quantitative estimate of drug-likeness (QED) is 0.549. The lowest BCUT2D eigenvalue weighted by Gasteiger charge is -2.09. The van der Waals surface area contributed by atoms with E-state index in [0.29, 0.717) is 16.8 Å². The highest BCUT2D eigenvalue weighted by Crippen LogP contribution is 2.20. The monoisotopic (exact) mass is 402 g/mol. The van der Waals surface area contributed by atoms with Gasteiger partial charge in [-0.1, -0.05) is 18.2 Å². The number of nitriles is 1. The third-order valence-corrected chi connectivity index (χ3v) is 4.30. The first-order chi connectivity index (χ1) is 14.5. The van der Waals surface area contributed by atoms with E-state index >= 15 is 0 Å². The summed E-state index contributed by atoms with van der Waals surface area (Å²) in [4.78, 5) is 13.7. The van der Waals surface area contributed by atoms with Crippen molar-refractivity contribution >= 4 is 11.7 Å². The molecular formula is C20H15FN8O. The maximum absolute atomic E-state index is 13.4. The Morgan fingerprint density at radius 3 is 2.77 bits per heavy atom. The number of hydrogen-bond acceptors (Lipinski definition) is 6. The van der Waals surface area contributed by atoms with Gasteiger partial charge in [0.25, 0.3) is 0 Å². The van der Waals surface area contributed by atoms with E-state index in [1.807, 2.05) is 24.3 Å². The molecule has 0 saturated carbocycles. The fraction of sp³-hybridized carbons (Fsp3) is 0.100. The number of aryl methyl sites for hydroxylation is 1. The molecule has 4 rings (SSSR count). The molecule has 1 N–H and O–H groups in total. The average Bonchev–Trinajstić information content (AvgIpc) is 3.37. The Labute approximate surface area is 170 Å². The van der Waals surface area contributed by atoms with Gasteiger partial charge in [-0.05, 0) is 48.0 Å². The van der Waals surface area contributed by atoms with Crippen molar-refractivity contribution in [2.75, 3.05) is 5.32 Å². The number of halogens is 1. The first-order valence-electron chi connectivity index (χ1n) is 8.93. The summed E-state index contributed by atoms with van der Waals surface area (Å²) in [5.74, 6) is -0.251. The lowest BCUT2D eigenvalue weighted by Crippen LogP contribution is -2.22. The zero-order chi connectivity index (χ0) is 21.1. The van der Waals surface area contributed by atoms with E-state index in [0.717, 1.165) is 4.80 Å². The molecule has 0 aliphatic heterocycles. The summed E-state index contributed by atoms with van der Waals surface area (Å²) in [7, 11) is 0. The number of aromatic nitrogens is 6. The van der Waals surface area contributed by atoms with Crippen LogP contribution in [-0.2, 0) is 11.3 Å². The number of nitrogens with one attached hydrogen (secondary N) is 1. The Morgan fingerprint density at radius 2 is 2.03 bits per heavy atom. The maximum atomic E-state index is 13.4. The molecule has 9 nitrogen and oxygen atoms in total. The van der Waals surface area contributed by atoms with Gasteiger partial charge < -0.3 is 5.32 Å². The predicted molar refractivity (Wildman–Crippen MR) is 105 cm³/mol. The largest absolute Gasteiger partial charge is 0.308 e. The van der Waals surface area contributed by atoms with Crippen LogP contribution in [-0.4, -0.2) is 35.9 Å². The normalized spacial score (nSPS) is 10.6. The smallest absolute Gasteiger partial charge is 0.249 e. The van der Waals surface area contributed by atoms with Gasteiger partial charge >= 0.3 is 0 Å². The van der Waals surface area contributed by atoms with Gasteiger partial charge in [0.05, 0.1) is 11.9 Å². The second kappa shape index (κ2) is 7.92. The standard InChI is InChI=1S/C20H15FN8O/c1-13-9-14(7-8-17(13)21)19-25-27-28(26-19)12-18(30)24-20-15(10-22)11-23-29(20)16-5-3-2-4-6-16/h2-9,11H,12H2,1H3,(H,24,30). The molecule has 0 aliphatic carbocycles. The van der Waals surface area contributed by atoms with Crippen molar-refractivity contribution in [2.45, 2.75) is 13.5 Å². The van der Waals surface area contributed by atoms with Crippen molar-refractivity contribution in [3.05, 3.63) is 71.7 Å². The molecule has 0 atom stereocenters. The van der Waals surface area contributed by atoms with Crippen molar-refractivity contribution in [3.63, 3.8) is 0 Å². The van der Waals surface area contributed by atoms with Crippen LogP contribution in [0.1, 0.15) is 11.1 Å². The Hall–Kier alpha value is -4.39. The van der Waals surface area contributed by atoms with E-state index in [1.54, 1.807) is 31.2 Å². The fourth-order valence-electron chi connectivity index (χ4n) is 2.83. The Morgan fingerprint density at radius 1 is 1.23 bits per heavy atom. The van der Waals surface area contributed by atoms with Gasteiger partial charge in [0.2, 0.25) is 11.7 Å². The highest BCUT2D eigenvalue weighted by atomic mass is 19.1. The summed E-state index contributed by atoms with van der Waals surface area (Å²) < 4.78 is 14.9. The van der Waals surface area contributed by atoms with E-state index in [2.05, 4.69) is 25.8 Å². The Bertz CT molecular complexity index is 1260. The van der Waals surface area contributed by atoms with Gasteiger partial charge in [-0.3, -0.25) is 4.79 Å². The number of carbonyl (C=O) groups is 1. The van der Waals surface area contributed by atoms with Crippen LogP contribution in [0.4, 0.5) is 10.2 Å². The van der Waals surface area contributed by atoms with Crippen LogP contribution in [0.5, 0.6) is 0 Å². The van der Waals surface area contributed by atoms with Crippen LogP contribution in [0.25, 0.3) is 17.1 Å². The third kappa shape index (κ3) is 3.77. The van der Waals surface area contributed by atoms with E-state index in [-0.39, 0.29) is 29.6 Å². The number of benzene rings is 2. The molecule has 2 heterocycles. The summed E-state index contributed by atoms with van der Waals surface area (Å²) >= 11 is 0. The molecule has 30 heavy (non-hydrogen) atoms. The van der Waals surface area contributed by atoms with Crippen LogP contribution in [0.15, 0.2) is 54.7 Å². The molecule has 0 radical (unpaired) electrons. The van der Waals surface area contributed by atoms with Crippen LogP contribution in [0.3, 0.4) is 0 Å². The number of hydrogen-bond donors (Lipinski definition) is 1. The molecule has 4 aromatic rings. The highest BCUT2D eigenvalue weighted by molar-refractivity contribution is 5.91. The summed E-state index contributed by atoms with van der Waals surface area (Å²) in [6.07, 6.45) is 1.38. The van der Waals surface area contributed by atoms with Crippen molar-refractivity contribution in [3.8, 4) is 23.1 Å². The molecule has 0 spiro atoms. The van der Waals surface area contributed by atoms with E-state index < -0.39 is 5.91 Å². The molecule has 0 fully saturated rings. The lowest BCUT2D eigenvalue weighted by molar-refractivity contribution is -0.117. The molecule has 0 saturated heterocycles. The van der Waals surface area contributed by atoms with E-state index in [1.165, 1.54) is 16.9 Å². The first kappa shape index (κ1) is 18.9. The number of para-hydroxylation sites is 1. The van der Waals surface area contributed by atoms with Gasteiger partial charge in [-0.2, -0.15) is 15.2 Å². The number of tetrazole rings is 1. The van der Waals surface area contributed by atoms with Crippen LogP contribution in [0.2, 0.25) is 0 Å². The Balaban J connectivity index is 1.52. The zero-order valence-corrected chi connectivity index (χ0v) is 15.8. The SMILES string of the molecule is Cc1cc(-c2nnn(CC(=O)Nc3c(C#N)cnn3-c3ccccc3)n2)ccc1F. The van der Waals surface area contributed by atoms with Crippen LogP contribution in [0, 0.1) is 24.1 Å². The number of rotatable bonds is 5. The van der Waals surface area contributed by atoms with Crippen molar-refractivity contribution < 1.29 is 9.18 Å². The zero-order valence-electron chi connectivity index (χ0n) is 15.8. The number of anilines is 1. The fourth-order valence-corrected chi connectivity index (χ4v) is 2.83. The van der Waals surface area contributed by atoms with Gasteiger partial charge in [0.1, 0.15) is 24.0 Å². The molecule has 148 valence electrons. The number of carbonyl (C=O) groups excluding carboxylic acids is 1. The molecular weight excluding hydrogens is 387 g/mol. The lowest BCUT2D eigenvalue weighted by atomic mass is 10.1. The van der Waals surface area contributed by atoms with Crippen LogP contribution < -0.4 is 5.32 Å². The number of nitrogens with zero attached hydrogens (tertiary/aromatic N) is 7. The van der Waals surface area contributed by atoms with E-state index in [9.17, 15) is 14.4 Å². The van der Waals surface area contributed by atoms with Crippen molar-refractivity contribution in [2.24, 2.45) is 0 Å². The first-order valence-corrected chi connectivity index (χ1v) is 8.93. The minimum Gasteiger partial charge on any atom is -0.308 e. The minimum atomic E-state index is -0.455. The molecule has 2 aromatic heterocycles. The van der Waals surface area contributed by atoms with Gasteiger partial charge in [-0.15, -0.1) is 10.2 Å². The third-order valence-electron chi connectivity index (χ3n) is 4.30. The maximum Gasteiger partial charge on any atom is 0.249 e. The molecule has 0 unspecified atom stereocenters. The van der Waals surface area contributed by atoms with Crippen molar-refractivity contribution in [1.29, 1.82) is 5.26 Å². The molecule has 2 aromatic carbocycles. The molecule has 1 amide bonds. The summed E-state index contributed by atoms with van der Waals surface area (Å²) in [5, 5.41) is 28.1. The topological polar surface area (TPSA) is 114 Å². The predicted octanol–water partition coefficient (Wildman–Crippen LogP) is 2.48. The summed E-state index contributed by atoms with van der Waals surface area (Å²) in [5.41, 5.74) is 1.97. The number of amides is 1. The summed E-state index contributed by atoms with van der Waals surface area (Å²) in [6, 6.07) is 15.6. The van der Waals surface area contributed by atoms with Crippen LogP contribution >= 0.6 is 0 Å². The van der Waals surface area contributed by atoms with Crippen molar-refractivity contribution in [1.82, 2.24) is 30.0 Å². The minimum absolute atomic E-state index is 0.223. The summed E-state index contributed by atoms with van der Waals surface area (Å²) in [6.45, 7) is 1.41. The van der Waals surface area contributed by atoms with Gasteiger partial charge in [0.15, 0.2) is 5.82 Å². The molecule has 0 bridgehead atoms. The average molecular weight is 402 g/mol. The molecule has 0 aliphatic rings. The van der Waals surface area contributed by atoms with Gasteiger partial charge in [0, 0.05) is 5.56 Å². The van der Waals surface area contributed by atoms with E-state index in [4.69, 9.17) is 0 Å². The molecule has 10 heteroatoms. The Kier molecular flexibility index (Phi) is 5.00. The second-order valence-electron chi connectivity index (χ2n) is 6.42.